The Balaban J connectivity index is 2.56. The van der Waals surface area contributed by atoms with Gasteiger partial charge in [-0.1, -0.05) is 23.2 Å². The molecule has 84 valence electrons. The number of anilines is 1. The highest BCUT2D eigenvalue weighted by atomic mass is 35.5. The number of hydrogen-bond acceptors (Lipinski definition) is 3. The third kappa shape index (κ3) is 1.99. The van der Waals surface area contributed by atoms with Crippen LogP contribution >= 0.6 is 23.2 Å². The molecule has 1 N–H and O–H groups in total. The number of hydrogen-bond donors (Lipinski definition) is 1. The first-order chi connectivity index (χ1) is 7.61. The second kappa shape index (κ2) is 4.31. The lowest BCUT2D eigenvalue weighted by Crippen LogP contribution is -1.95. The lowest BCUT2D eigenvalue weighted by atomic mass is 10.2. The van der Waals surface area contributed by atoms with Crippen LogP contribution in [0.5, 0.6) is 0 Å². The van der Waals surface area contributed by atoms with Crippen molar-refractivity contribution in [3.63, 3.8) is 0 Å². The summed E-state index contributed by atoms with van der Waals surface area (Å²) < 4.78 is 1.70. The van der Waals surface area contributed by atoms with Gasteiger partial charge in [-0.15, -0.1) is 0 Å². The van der Waals surface area contributed by atoms with E-state index in [0.717, 1.165) is 5.56 Å². The molecule has 0 fully saturated rings. The van der Waals surface area contributed by atoms with Crippen LogP contribution in [0.1, 0.15) is 0 Å². The number of aromatic nitrogens is 3. The summed E-state index contributed by atoms with van der Waals surface area (Å²) in [6, 6.07) is 1.67. The molecule has 0 aliphatic heterocycles. The molecule has 6 heteroatoms. The van der Waals surface area contributed by atoms with Gasteiger partial charge < -0.3 is 5.32 Å². The van der Waals surface area contributed by atoms with E-state index >= 15 is 0 Å². The minimum Gasteiger partial charge on any atom is -0.372 e. The van der Waals surface area contributed by atoms with Crippen LogP contribution in [0.2, 0.25) is 10.0 Å². The lowest BCUT2D eigenvalue weighted by Gasteiger charge is -2.06. The molecule has 16 heavy (non-hydrogen) atoms. The third-order valence-corrected chi connectivity index (χ3v) is 2.72. The van der Waals surface area contributed by atoms with E-state index in [1.165, 1.54) is 0 Å². The zero-order chi connectivity index (χ0) is 11.7. The number of rotatable bonds is 2. The summed E-state index contributed by atoms with van der Waals surface area (Å²) in [7, 11) is 3.60. The average Bonchev–Trinajstić information content (AvgIpc) is 2.65. The van der Waals surface area contributed by atoms with Crippen molar-refractivity contribution in [1.29, 1.82) is 0 Å². The molecule has 0 atom stereocenters. The molecule has 2 aromatic rings. The lowest BCUT2D eigenvalue weighted by molar-refractivity contribution is 0.768. The van der Waals surface area contributed by atoms with Gasteiger partial charge in [-0.3, -0.25) is 4.68 Å². The molecule has 0 saturated carbocycles. The topological polar surface area (TPSA) is 42.7 Å². The Morgan fingerprint density at radius 1 is 1.31 bits per heavy atom. The van der Waals surface area contributed by atoms with E-state index in [1.54, 1.807) is 24.0 Å². The minimum atomic E-state index is 0.500. The maximum absolute atomic E-state index is 6.09. The Hall–Kier alpha value is -1.26. The molecule has 0 aromatic carbocycles. The summed E-state index contributed by atoms with van der Waals surface area (Å²) in [5.74, 6) is 0.602. The molecule has 2 rings (SSSR count). The van der Waals surface area contributed by atoms with Crippen molar-refractivity contribution in [2.75, 3.05) is 12.4 Å². The SMILES string of the molecule is CNc1nc(-c2cnn(C)c2)c(Cl)cc1Cl. The molecular weight excluding hydrogens is 247 g/mol. The Bertz CT molecular complexity index is 522. The van der Waals surface area contributed by atoms with Gasteiger partial charge >= 0.3 is 0 Å². The van der Waals surface area contributed by atoms with E-state index in [1.807, 2.05) is 13.2 Å². The van der Waals surface area contributed by atoms with Crippen LogP contribution in [-0.2, 0) is 7.05 Å². The zero-order valence-corrected chi connectivity index (χ0v) is 10.3. The molecule has 0 radical (unpaired) electrons. The normalized spacial score (nSPS) is 10.5. The monoisotopic (exact) mass is 256 g/mol. The fourth-order valence-corrected chi connectivity index (χ4v) is 1.95. The van der Waals surface area contributed by atoms with Crippen molar-refractivity contribution in [3.8, 4) is 11.3 Å². The van der Waals surface area contributed by atoms with E-state index in [-0.39, 0.29) is 0 Å². The molecule has 0 aliphatic carbocycles. The summed E-state index contributed by atoms with van der Waals surface area (Å²) in [5.41, 5.74) is 1.53. The fraction of sp³-hybridized carbons (Fsp3) is 0.200. The zero-order valence-electron chi connectivity index (χ0n) is 8.83. The standard InChI is InChI=1S/C10H10Cl2N4/c1-13-10-8(12)3-7(11)9(15-10)6-4-14-16(2)5-6/h3-5H,1-2H3,(H,13,15). The molecule has 2 aromatic heterocycles. The van der Waals surface area contributed by atoms with Gasteiger partial charge in [-0.2, -0.15) is 5.10 Å². The molecular formula is C10H10Cl2N4. The third-order valence-electron chi connectivity index (χ3n) is 2.14. The van der Waals surface area contributed by atoms with Gasteiger partial charge in [0.15, 0.2) is 0 Å². The Labute approximate surface area is 103 Å². The molecule has 0 saturated heterocycles. The van der Waals surface area contributed by atoms with Crippen LogP contribution in [0.3, 0.4) is 0 Å². The molecule has 0 bridgehead atoms. The van der Waals surface area contributed by atoms with E-state index < -0.39 is 0 Å². The first-order valence-corrected chi connectivity index (χ1v) is 5.40. The van der Waals surface area contributed by atoms with Crippen LogP contribution in [0.25, 0.3) is 11.3 Å². The van der Waals surface area contributed by atoms with E-state index in [9.17, 15) is 0 Å². The molecule has 0 unspecified atom stereocenters. The Kier molecular flexibility index (Phi) is 3.03. The summed E-state index contributed by atoms with van der Waals surface area (Å²) in [6.07, 6.45) is 3.56. The number of nitrogens with zero attached hydrogens (tertiary/aromatic N) is 3. The van der Waals surface area contributed by atoms with Gasteiger partial charge in [-0.25, -0.2) is 4.98 Å². The highest BCUT2D eigenvalue weighted by Gasteiger charge is 2.11. The predicted octanol–water partition coefficient (Wildman–Crippen LogP) is 2.83. The molecule has 0 spiro atoms. The van der Waals surface area contributed by atoms with Crippen molar-refractivity contribution in [1.82, 2.24) is 14.8 Å². The Morgan fingerprint density at radius 2 is 2.06 bits per heavy atom. The van der Waals surface area contributed by atoms with Crippen molar-refractivity contribution in [3.05, 3.63) is 28.5 Å². The maximum atomic E-state index is 6.09. The predicted molar refractivity (Wildman–Crippen MR) is 66.0 cm³/mol. The summed E-state index contributed by atoms with van der Waals surface area (Å²) in [4.78, 5) is 4.35. The van der Waals surface area contributed by atoms with E-state index in [2.05, 4.69) is 15.4 Å². The maximum Gasteiger partial charge on any atom is 0.145 e. The van der Waals surface area contributed by atoms with Crippen molar-refractivity contribution < 1.29 is 0 Å². The quantitative estimate of drug-likeness (QED) is 0.899. The van der Waals surface area contributed by atoms with Crippen LogP contribution in [0.4, 0.5) is 5.82 Å². The van der Waals surface area contributed by atoms with E-state index in [0.29, 0.717) is 21.6 Å². The first kappa shape index (κ1) is 11.2. The molecule has 2 heterocycles. The summed E-state index contributed by atoms with van der Waals surface area (Å²) >= 11 is 12.1. The number of halogens is 2. The van der Waals surface area contributed by atoms with Gasteiger partial charge in [0, 0.05) is 25.9 Å². The van der Waals surface area contributed by atoms with Gasteiger partial charge in [0.2, 0.25) is 0 Å². The van der Waals surface area contributed by atoms with Gasteiger partial charge in [0.05, 0.1) is 21.9 Å². The van der Waals surface area contributed by atoms with Crippen LogP contribution in [-0.4, -0.2) is 21.8 Å². The fourth-order valence-electron chi connectivity index (χ4n) is 1.39. The molecule has 0 aliphatic rings. The minimum absolute atomic E-state index is 0.500. The van der Waals surface area contributed by atoms with Crippen LogP contribution in [0, 0.1) is 0 Å². The van der Waals surface area contributed by atoms with Crippen molar-refractivity contribution >= 4 is 29.0 Å². The smallest absolute Gasteiger partial charge is 0.145 e. The average molecular weight is 257 g/mol. The summed E-state index contributed by atoms with van der Waals surface area (Å²) in [5, 5.41) is 8.00. The molecule has 0 amide bonds. The number of pyridine rings is 1. The second-order valence-corrected chi connectivity index (χ2v) is 4.12. The van der Waals surface area contributed by atoms with Crippen molar-refractivity contribution in [2.24, 2.45) is 7.05 Å². The highest BCUT2D eigenvalue weighted by Crippen LogP contribution is 2.31. The number of aryl methyl sites for hydroxylation is 1. The van der Waals surface area contributed by atoms with Gasteiger partial charge in [-0.05, 0) is 6.07 Å². The molecule has 4 nitrogen and oxygen atoms in total. The van der Waals surface area contributed by atoms with Gasteiger partial charge in [0.25, 0.3) is 0 Å². The van der Waals surface area contributed by atoms with Crippen LogP contribution in [0.15, 0.2) is 18.5 Å². The highest BCUT2D eigenvalue weighted by molar-refractivity contribution is 6.37. The number of nitrogens with one attached hydrogen (secondary N) is 1. The largest absolute Gasteiger partial charge is 0.372 e. The van der Waals surface area contributed by atoms with Crippen molar-refractivity contribution in [2.45, 2.75) is 0 Å². The van der Waals surface area contributed by atoms with E-state index in [4.69, 9.17) is 23.2 Å². The first-order valence-electron chi connectivity index (χ1n) is 4.64. The second-order valence-electron chi connectivity index (χ2n) is 3.30. The van der Waals surface area contributed by atoms with Crippen LogP contribution < -0.4 is 5.32 Å². The van der Waals surface area contributed by atoms with Gasteiger partial charge in [0.1, 0.15) is 5.82 Å². The summed E-state index contributed by atoms with van der Waals surface area (Å²) in [6.45, 7) is 0. The Morgan fingerprint density at radius 3 is 2.62 bits per heavy atom.